The van der Waals surface area contributed by atoms with E-state index < -0.39 is 0 Å². The number of carbonyl (C=O) groups excluding carboxylic acids is 2. The van der Waals surface area contributed by atoms with Crippen molar-refractivity contribution in [2.24, 2.45) is 4.99 Å². The van der Waals surface area contributed by atoms with E-state index in [0.717, 1.165) is 6.42 Å². The summed E-state index contributed by atoms with van der Waals surface area (Å²) >= 11 is 0. The van der Waals surface area contributed by atoms with Gasteiger partial charge in [0.2, 0.25) is 0 Å². The fourth-order valence-electron chi connectivity index (χ4n) is 1.92. The number of carbonyl (C=O) groups is 2. The van der Waals surface area contributed by atoms with Gasteiger partial charge in [-0.1, -0.05) is 6.92 Å². The maximum absolute atomic E-state index is 11.2. The van der Waals surface area contributed by atoms with Gasteiger partial charge in [-0.25, -0.2) is 0 Å². The molecule has 0 aromatic carbocycles. The number of ketones is 2. The number of hydrogen-bond acceptors (Lipinski definition) is 4. The van der Waals surface area contributed by atoms with E-state index in [1.54, 1.807) is 33.9 Å². The zero-order chi connectivity index (χ0) is 17.9. The van der Waals surface area contributed by atoms with Crippen LogP contribution in [0.5, 0.6) is 0 Å². The van der Waals surface area contributed by atoms with Crippen LogP contribution in [-0.4, -0.2) is 35.4 Å². The molecule has 0 bridgehead atoms. The molecule has 4 nitrogen and oxygen atoms in total. The Morgan fingerprint density at radius 3 is 1.96 bits per heavy atom. The Kier molecular flexibility index (Phi) is 21.9. The summed E-state index contributed by atoms with van der Waals surface area (Å²) in [6, 6.07) is 0.240. The third-order valence-electron chi connectivity index (χ3n) is 3.64. The van der Waals surface area contributed by atoms with Crippen LogP contribution in [0.15, 0.2) is 11.6 Å². The van der Waals surface area contributed by atoms with E-state index in [4.69, 9.17) is 0 Å². The summed E-state index contributed by atoms with van der Waals surface area (Å²) in [7, 11) is 0. The molecule has 140 valence electrons. The average Bonchev–Trinajstić information content (AvgIpc) is 2.66. The summed E-state index contributed by atoms with van der Waals surface area (Å²) < 4.78 is 0. The number of allylic oxidation sites excluding steroid dienone is 1. The van der Waals surface area contributed by atoms with Gasteiger partial charge < -0.3 is 11.4 Å². The molecule has 1 N–H and O–H groups in total. The summed E-state index contributed by atoms with van der Waals surface area (Å²) in [5.41, 5.74) is -0.288. The van der Waals surface area contributed by atoms with Gasteiger partial charge in [0.15, 0.2) is 5.78 Å². The molecule has 24 heavy (non-hydrogen) atoms. The molecule has 0 radical (unpaired) electrons. The first-order valence-corrected chi connectivity index (χ1v) is 7.58. The molecule has 1 fully saturated rings. The van der Waals surface area contributed by atoms with E-state index in [1.165, 1.54) is 12.8 Å². The van der Waals surface area contributed by atoms with E-state index in [0.29, 0.717) is 6.04 Å². The van der Waals surface area contributed by atoms with Crippen molar-refractivity contribution in [3.8, 4) is 0 Å². The molecule has 3 unspecified atom stereocenters. The first-order valence-electron chi connectivity index (χ1n) is 7.58. The zero-order valence-electron chi connectivity index (χ0n) is 16.2. The second-order valence-corrected chi connectivity index (χ2v) is 5.82. The van der Waals surface area contributed by atoms with Gasteiger partial charge in [-0.3, -0.25) is 27.1 Å². The number of rotatable bonds is 3. The Labute approximate surface area is 177 Å². The van der Waals surface area contributed by atoms with E-state index in [-0.39, 0.29) is 65.3 Å². The predicted molar refractivity (Wildman–Crippen MR) is 94.1 cm³/mol. The van der Waals surface area contributed by atoms with Gasteiger partial charge in [0.05, 0.1) is 0 Å². The molecule has 6 heteroatoms. The van der Waals surface area contributed by atoms with E-state index in [1.807, 2.05) is 6.92 Å². The fourth-order valence-corrected chi connectivity index (χ4v) is 1.92. The van der Waals surface area contributed by atoms with Crippen LogP contribution in [0.3, 0.4) is 0 Å². The van der Waals surface area contributed by atoms with Gasteiger partial charge in [0, 0.05) is 47.7 Å². The molecular weight excluding hydrogens is 644 g/mol. The van der Waals surface area contributed by atoms with Crippen molar-refractivity contribution in [1.82, 2.24) is 5.32 Å². The maximum Gasteiger partial charge on any atom is 0.153 e. The monoisotopic (exact) mass is 676 g/mol. The fraction of sp³-hybridized carbons (Fsp3) is 0.667. The normalized spacial score (nSPS) is 23.4. The van der Waals surface area contributed by atoms with Crippen LogP contribution in [0.25, 0.3) is 0 Å². The van der Waals surface area contributed by atoms with Crippen molar-refractivity contribution in [2.75, 3.05) is 0 Å². The minimum absolute atomic E-state index is 0. The Balaban J connectivity index is -0.000000138. The van der Waals surface area contributed by atoms with Crippen LogP contribution in [0.4, 0.5) is 0 Å². The van der Waals surface area contributed by atoms with Crippen LogP contribution in [0.2, 0.25) is 0 Å². The molecule has 1 saturated heterocycles. The Hall–Kier alpha value is 0.0866. The summed E-state index contributed by atoms with van der Waals surface area (Å²) in [5, 5.41) is 3.29. The number of nitrogens with one attached hydrogen (secondary N) is 1. The van der Waals surface area contributed by atoms with Crippen molar-refractivity contribution in [1.29, 1.82) is 0 Å². The van der Waals surface area contributed by atoms with Crippen LogP contribution in [-0.2, 0) is 51.7 Å². The molecule has 0 aromatic rings. The minimum atomic E-state index is -0.288. The molecule has 0 spiro atoms. The molecule has 0 saturated carbocycles. The molecule has 1 rings (SSSR count). The maximum atomic E-state index is 11.2. The third kappa shape index (κ3) is 13.4. The van der Waals surface area contributed by atoms with Crippen molar-refractivity contribution >= 4 is 17.8 Å². The van der Waals surface area contributed by atoms with Gasteiger partial charge in [-0.2, -0.15) is 20.3 Å². The topological polar surface area (TPSA) is 58.5 Å². The van der Waals surface area contributed by atoms with E-state index in [2.05, 4.69) is 36.8 Å². The summed E-state index contributed by atoms with van der Waals surface area (Å²) in [6.07, 6.45) is 5.04. The van der Waals surface area contributed by atoms with E-state index in [9.17, 15) is 9.59 Å². The molecule has 0 aliphatic carbocycles. The van der Waals surface area contributed by atoms with Gasteiger partial charge in [-0.05, 0) is 40.8 Å². The van der Waals surface area contributed by atoms with Crippen LogP contribution >= 0.6 is 0 Å². The standard InChI is InChI=1S/C9H16NO.C6H11NO.C3H5.2W/c1-6-5-9(4,8(3)11)10-7(6)2;1-4-7-5(2)6(3)8;1-3-2;;/h7,10H,5H2,1-4H3;4-5H,1-3H3;1H2,2H3;;/q-1;;-1;;. The van der Waals surface area contributed by atoms with Crippen molar-refractivity contribution in [3.05, 3.63) is 18.6 Å². The molecule has 0 amide bonds. The summed E-state index contributed by atoms with van der Waals surface area (Å²) in [4.78, 5) is 25.5. The Morgan fingerprint density at radius 1 is 1.42 bits per heavy atom. The average molecular weight is 676 g/mol. The molecule has 1 heterocycles. The SMILES string of the molecule is C=[C-]C.CC(=O)C1(C)C[C-](C)C(C)N1.CC=NC(C)C(C)=O.[W].[W]. The minimum Gasteiger partial charge on any atom is -0.507 e. The van der Waals surface area contributed by atoms with Crippen molar-refractivity contribution in [3.63, 3.8) is 0 Å². The quantitative estimate of drug-likeness (QED) is 0.369. The Bertz CT molecular complexity index is 388. The van der Waals surface area contributed by atoms with Crippen molar-refractivity contribution < 1.29 is 51.7 Å². The largest absolute Gasteiger partial charge is 0.507 e. The molecule has 3 atom stereocenters. The second-order valence-electron chi connectivity index (χ2n) is 5.82. The van der Waals surface area contributed by atoms with E-state index >= 15 is 0 Å². The van der Waals surface area contributed by atoms with Crippen molar-refractivity contribution in [2.45, 2.75) is 79.4 Å². The molecular formula is C18H32N2O2W2-2. The number of hydrogen-bond donors (Lipinski definition) is 1. The zero-order valence-corrected chi connectivity index (χ0v) is 22.1. The van der Waals surface area contributed by atoms with Gasteiger partial charge in [0.1, 0.15) is 11.8 Å². The number of Topliss-reactive ketones (excluding diaryl/α,β-unsaturated/α-hetero) is 2. The third-order valence-corrected chi connectivity index (χ3v) is 3.64. The van der Waals surface area contributed by atoms with Gasteiger partial charge >= 0.3 is 0 Å². The first kappa shape index (κ1) is 31.8. The summed E-state index contributed by atoms with van der Waals surface area (Å²) in [6.45, 7) is 18.0. The second kappa shape index (κ2) is 16.5. The first-order chi connectivity index (χ1) is 10.0. The molecule has 1 aliphatic heterocycles. The molecule has 1 aliphatic rings. The number of aliphatic imine (C=N–C) groups is 1. The molecule has 0 aromatic heterocycles. The summed E-state index contributed by atoms with van der Waals surface area (Å²) in [5.74, 6) is 1.73. The van der Waals surface area contributed by atoms with Crippen LogP contribution < -0.4 is 5.32 Å². The van der Waals surface area contributed by atoms with Gasteiger partial charge in [0.25, 0.3) is 0 Å². The van der Waals surface area contributed by atoms with Crippen LogP contribution in [0, 0.1) is 12.0 Å². The smallest absolute Gasteiger partial charge is 0.153 e. The number of nitrogens with zero attached hydrogens (tertiary/aromatic N) is 1. The van der Waals surface area contributed by atoms with Gasteiger partial charge in [-0.15, -0.1) is 6.04 Å². The Morgan fingerprint density at radius 2 is 1.83 bits per heavy atom. The van der Waals surface area contributed by atoms with Crippen LogP contribution in [0.1, 0.15) is 61.8 Å². The predicted octanol–water partition coefficient (Wildman–Crippen LogP) is 3.36.